The van der Waals surface area contributed by atoms with Crippen molar-refractivity contribution in [3.05, 3.63) is 97.4 Å². The van der Waals surface area contributed by atoms with Crippen LogP contribution in [0.3, 0.4) is 0 Å². The summed E-state index contributed by atoms with van der Waals surface area (Å²) in [5.41, 5.74) is 4.20. The molecule has 4 aromatic heterocycles. The monoisotopic (exact) mass is 412 g/mol. The molecule has 0 aliphatic heterocycles. The molecule has 0 spiro atoms. The average Bonchev–Trinajstić information content (AvgIpc) is 3.46. The predicted octanol–water partition coefficient (Wildman–Crippen LogP) is 6.54. The van der Waals surface area contributed by atoms with Crippen LogP contribution in [-0.4, -0.2) is 19.5 Å². The largest absolute Gasteiger partial charge is 0.446 e. The second-order valence-electron chi connectivity index (χ2n) is 7.76. The van der Waals surface area contributed by atoms with E-state index >= 15 is 0 Å². The molecule has 0 bridgehead atoms. The maximum absolute atomic E-state index is 5.72. The van der Waals surface area contributed by atoms with Gasteiger partial charge >= 0.3 is 0 Å². The highest BCUT2D eigenvalue weighted by atomic mass is 16.3. The Morgan fingerprint density at radius 2 is 1.50 bits per heavy atom. The second kappa shape index (κ2) is 6.49. The van der Waals surface area contributed by atoms with Gasteiger partial charge in [-0.2, -0.15) is 4.98 Å². The zero-order chi connectivity index (χ0) is 21.1. The van der Waals surface area contributed by atoms with Crippen LogP contribution in [0, 0.1) is 0 Å². The van der Waals surface area contributed by atoms with Crippen molar-refractivity contribution in [2.45, 2.75) is 0 Å². The first-order chi connectivity index (χ1) is 15.9. The molecule has 0 fully saturated rings. The minimum atomic E-state index is 0.544. The standard InChI is InChI=1S/C27H16N4O/c1-2-8-18-17(7-1)12-13-23-24(18)19-9-3-4-11-22(19)31(23)27-29-25(21-10-5-6-15-28-21)20-14-16-32-26(20)30-27/h1-16H. The highest BCUT2D eigenvalue weighted by Gasteiger charge is 2.19. The molecular weight excluding hydrogens is 396 g/mol. The molecule has 0 radical (unpaired) electrons. The molecule has 0 aliphatic carbocycles. The molecule has 0 saturated heterocycles. The van der Waals surface area contributed by atoms with Gasteiger partial charge in [0, 0.05) is 17.0 Å². The van der Waals surface area contributed by atoms with E-state index in [4.69, 9.17) is 14.4 Å². The van der Waals surface area contributed by atoms with Gasteiger partial charge in [0.25, 0.3) is 0 Å². The fourth-order valence-electron chi connectivity index (χ4n) is 4.60. The highest BCUT2D eigenvalue weighted by molar-refractivity contribution is 6.21. The van der Waals surface area contributed by atoms with E-state index in [1.165, 1.54) is 21.5 Å². The number of fused-ring (bicyclic) bond motifs is 6. The molecule has 5 nitrogen and oxygen atoms in total. The third kappa shape index (κ3) is 2.36. The van der Waals surface area contributed by atoms with Crippen molar-refractivity contribution < 1.29 is 4.42 Å². The first kappa shape index (κ1) is 17.2. The van der Waals surface area contributed by atoms with E-state index in [1.807, 2.05) is 30.3 Å². The van der Waals surface area contributed by atoms with Gasteiger partial charge in [-0.25, -0.2) is 4.98 Å². The average molecular weight is 412 g/mol. The van der Waals surface area contributed by atoms with Crippen LogP contribution in [0.2, 0.25) is 0 Å². The third-order valence-corrected chi connectivity index (χ3v) is 5.98. The van der Waals surface area contributed by atoms with Crippen LogP contribution in [0.4, 0.5) is 0 Å². The van der Waals surface area contributed by atoms with E-state index in [2.05, 4.69) is 64.1 Å². The van der Waals surface area contributed by atoms with Crippen molar-refractivity contribution in [1.29, 1.82) is 0 Å². The summed E-state index contributed by atoms with van der Waals surface area (Å²) in [6.07, 6.45) is 3.42. The van der Waals surface area contributed by atoms with E-state index in [0.717, 1.165) is 27.8 Å². The summed E-state index contributed by atoms with van der Waals surface area (Å²) in [7, 11) is 0. The number of nitrogens with zero attached hydrogens (tertiary/aromatic N) is 4. The number of benzene rings is 3. The van der Waals surface area contributed by atoms with Gasteiger partial charge in [0.1, 0.15) is 5.69 Å². The number of furan rings is 1. The van der Waals surface area contributed by atoms with E-state index in [-0.39, 0.29) is 0 Å². The van der Waals surface area contributed by atoms with Crippen molar-refractivity contribution in [3.63, 3.8) is 0 Å². The lowest BCUT2D eigenvalue weighted by Crippen LogP contribution is -2.03. The van der Waals surface area contributed by atoms with Crippen LogP contribution in [0.1, 0.15) is 0 Å². The molecule has 150 valence electrons. The van der Waals surface area contributed by atoms with E-state index < -0.39 is 0 Å². The summed E-state index contributed by atoms with van der Waals surface area (Å²) in [5, 5.41) is 5.63. The number of hydrogen-bond donors (Lipinski definition) is 0. The summed E-state index contributed by atoms with van der Waals surface area (Å²) < 4.78 is 7.84. The summed E-state index contributed by atoms with van der Waals surface area (Å²) >= 11 is 0. The summed E-state index contributed by atoms with van der Waals surface area (Å²) in [6, 6.07) is 28.9. The molecule has 4 heterocycles. The second-order valence-corrected chi connectivity index (χ2v) is 7.76. The summed E-state index contributed by atoms with van der Waals surface area (Å²) in [4.78, 5) is 14.3. The van der Waals surface area contributed by atoms with Crippen LogP contribution in [-0.2, 0) is 0 Å². The van der Waals surface area contributed by atoms with Crippen molar-refractivity contribution >= 4 is 43.7 Å². The zero-order valence-electron chi connectivity index (χ0n) is 16.9. The van der Waals surface area contributed by atoms with Gasteiger partial charge in [-0.15, -0.1) is 0 Å². The van der Waals surface area contributed by atoms with Gasteiger partial charge < -0.3 is 4.42 Å². The smallest absolute Gasteiger partial charge is 0.238 e. The van der Waals surface area contributed by atoms with Crippen LogP contribution >= 0.6 is 0 Å². The minimum Gasteiger partial charge on any atom is -0.446 e. The lowest BCUT2D eigenvalue weighted by atomic mass is 10.0. The van der Waals surface area contributed by atoms with E-state index in [1.54, 1.807) is 12.5 Å². The van der Waals surface area contributed by atoms with E-state index in [0.29, 0.717) is 11.7 Å². The van der Waals surface area contributed by atoms with Crippen LogP contribution < -0.4 is 0 Å². The minimum absolute atomic E-state index is 0.544. The molecule has 32 heavy (non-hydrogen) atoms. The number of aromatic nitrogens is 4. The normalized spacial score (nSPS) is 11.8. The summed E-state index contributed by atoms with van der Waals surface area (Å²) in [5.74, 6) is 0.564. The third-order valence-electron chi connectivity index (χ3n) is 5.98. The number of pyridine rings is 1. The van der Waals surface area contributed by atoms with Crippen molar-refractivity contribution in [2.24, 2.45) is 0 Å². The van der Waals surface area contributed by atoms with Crippen molar-refractivity contribution in [3.8, 4) is 17.3 Å². The molecule has 0 unspecified atom stereocenters. The van der Waals surface area contributed by atoms with Gasteiger partial charge in [0.15, 0.2) is 0 Å². The fraction of sp³-hybridized carbons (Fsp3) is 0. The topological polar surface area (TPSA) is 56.7 Å². The van der Waals surface area contributed by atoms with E-state index in [9.17, 15) is 0 Å². The first-order valence-corrected chi connectivity index (χ1v) is 10.5. The maximum atomic E-state index is 5.72. The molecular formula is C27H16N4O. The van der Waals surface area contributed by atoms with Crippen LogP contribution in [0.5, 0.6) is 0 Å². The summed E-state index contributed by atoms with van der Waals surface area (Å²) in [6.45, 7) is 0. The molecule has 7 rings (SSSR count). The molecule has 5 heteroatoms. The Morgan fingerprint density at radius 3 is 2.41 bits per heavy atom. The van der Waals surface area contributed by atoms with Crippen molar-refractivity contribution in [1.82, 2.24) is 19.5 Å². The molecule has 0 saturated carbocycles. The molecule has 3 aromatic carbocycles. The Hall–Kier alpha value is -4.51. The van der Waals surface area contributed by atoms with Crippen LogP contribution in [0.15, 0.2) is 102 Å². The highest BCUT2D eigenvalue weighted by Crippen LogP contribution is 2.37. The molecule has 7 aromatic rings. The number of rotatable bonds is 2. The van der Waals surface area contributed by atoms with Crippen molar-refractivity contribution in [2.75, 3.05) is 0 Å². The van der Waals surface area contributed by atoms with Gasteiger partial charge in [-0.05, 0) is 41.1 Å². The van der Waals surface area contributed by atoms with Gasteiger partial charge in [0.05, 0.1) is 28.4 Å². The zero-order valence-corrected chi connectivity index (χ0v) is 16.9. The lowest BCUT2D eigenvalue weighted by molar-refractivity contribution is 0.601. The molecule has 0 N–H and O–H groups in total. The first-order valence-electron chi connectivity index (χ1n) is 10.5. The quantitative estimate of drug-likeness (QED) is 0.324. The van der Waals surface area contributed by atoms with Crippen LogP contribution in [0.25, 0.3) is 61.0 Å². The fourth-order valence-corrected chi connectivity index (χ4v) is 4.60. The van der Waals surface area contributed by atoms with Gasteiger partial charge in [-0.3, -0.25) is 9.55 Å². The van der Waals surface area contributed by atoms with Gasteiger partial charge in [0.2, 0.25) is 11.7 Å². The molecule has 0 atom stereocenters. The Labute approximate surface area is 182 Å². The molecule has 0 amide bonds. The lowest BCUT2D eigenvalue weighted by Gasteiger charge is -2.09. The predicted molar refractivity (Wildman–Crippen MR) is 127 cm³/mol. The number of hydrogen-bond acceptors (Lipinski definition) is 4. The Balaban J connectivity index is 1.64. The Morgan fingerprint density at radius 1 is 0.656 bits per heavy atom. The Bertz CT molecular complexity index is 1780. The number of para-hydroxylation sites is 1. The van der Waals surface area contributed by atoms with Gasteiger partial charge in [-0.1, -0.05) is 54.6 Å². The Kier molecular flexibility index (Phi) is 3.49. The maximum Gasteiger partial charge on any atom is 0.238 e. The SMILES string of the molecule is c1ccc(-c2nc(-n3c4ccccc4c4c5ccccc5ccc43)nc3occc23)nc1. The molecule has 0 aliphatic rings.